The fourth-order valence-corrected chi connectivity index (χ4v) is 6.30. The second-order valence-corrected chi connectivity index (χ2v) is 12.4. The van der Waals surface area contributed by atoms with Crippen molar-refractivity contribution < 1.29 is 27.5 Å². The lowest BCUT2D eigenvalue weighted by molar-refractivity contribution is 0.0740. The van der Waals surface area contributed by atoms with Gasteiger partial charge in [-0.15, -0.1) is 11.3 Å². The minimum Gasteiger partial charge on any atom is -0.496 e. The standard InChI is InChI=1S/C29H32N4O6S2/c1-20-25(38-3)13-22(14-26(20)39-4)29(35)33(12-8-11-21-9-6-5-7-10-21)15-27-31-23(17-40-27)24(34)18-41(36,37)28-16-32(2)19-30-28/h5-7,9-10,13-14,16-17,19H,8,11-12,15,18H2,1-4H3. The van der Waals surface area contributed by atoms with Gasteiger partial charge in [-0.3, -0.25) is 9.59 Å². The molecular formula is C29H32N4O6S2. The fraction of sp³-hybridized carbons (Fsp3) is 0.310. The van der Waals surface area contributed by atoms with Gasteiger partial charge in [-0.1, -0.05) is 30.3 Å². The van der Waals surface area contributed by atoms with E-state index in [0.29, 0.717) is 35.0 Å². The number of rotatable bonds is 13. The maximum Gasteiger partial charge on any atom is 0.254 e. The molecule has 2 heterocycles. The Labute approximate surface area is 243 Å². The molecule has 0 bridgehead atoms. The lowest BCUT2D eigenvalue weighted by Gasteiger charge is -2.23. The highest BCUT2D eigenvalue weighted by molar-refractivity contribution is 7.92. The molecule has 0 saturated carbocycles. The number of carbonyl (C=O) groups is 2. The van der Waals surface area contributed by atoms with Crippen LogP contribution in [0.4, 0.5) is 0 Å². The first-order valence-electron chi connectivity index (χ1n) is 12.9. The lowest BCUT2D eigenvalue weighted by Crippen LogP contribution is -2.32. The Morgan fingerprint density at radius 1 is 1.07 bits per heavy atom. The molecule has 0 aliphatic carbocycles. The van der Waals surface area contributed by atoms with Crippen molar-refractivity contribution in [3.05, 3.63) is 87.8 Å². The highest BCUT2D eigenvalue weighted by Gasteiger charge is 2.25. The van der Waals surface area contributed by atoms with E-state index >= 15 is 0 Å². The van der Waals surface area contributed by atoms with E-state index in [1.54, 1.807) is 24.1 Å². The Morgan fingerprint density at radius 2 is 1.76 bits per heavy atom. The number of amides is 1. The molecule has 0 N–H and O–H groups in total. The number of Topliss-reactive ketones (excluding diaryl/α,β-unsaturated/α-hetero) is 1. The normalized spacial score (nSPS) is 11.3. The summed E-state index contributed by atoms with van der Waals surface area (Å²) in [6.45, 7) is 2.44. The number of imidazole rings is 1. The van der Waals surface area contributed by atoms with Gasteiger partial charge in [-0.2, -0.15) is 0 Å². The topological polar surface area (TPSA) is 121 Å². The van der Waals surface area contributed by atoms with Crippen LogP contribution in [-0.4, -0.2) is 66.1 Å². The first-order chi connectivity index (χ1) is 19.6. The Kier molecular flexibility index (Phi) is 9.56. The lowest BCUT2D eigenvalue weighted by atomic mass is 10.1. The Bertz CT molecular complexity index is 1600. The summed E-state index contributed by atoms with van der Waals surface area (Å²) in [6, 6.07) is 13.4. The number of benzene rings is 2. The second kappa shape index (κ2) is 13.1. The van der Waals surface area contributed by atoms with Gasteiger partial charge in [-0.25, -0.2) is 18.4 Å². The molecule has 1 amide bonds. The van der Waals surface area contributed by atoms with Crippen LogP contribution < -0.4 is 9.47 Å². The van der Waals surface area contributed by atoms with E-state index in [2.05, 4.69) is 9.97 Å². The van der Waals surface area contributed by atoms with Crippen LogP contribution in [0.5, 0.6) is 11.5 Å². The van der Waals surface area contributed by atoms with Crippen LogP contribution in [0.2, 0.25) is 0 Å². The third-order valence-electron chi connectivity index (χ3n) is 6.51. The number of ketones is 1. The van der Waals surface area contributed by atoms with Gasteiger partial charge in [0.25, 0.3) is 5.91 Å². The Balaban J connectivity index is 1.54. The number of hydrogen-bond donors (Lipinski definition) is 0. The summed E-state index contributed by atoms with van der Waals surface area (Å²) in [7, 11) is 0.814. The van der Waals surface area contributed by atoms with Crippen LogP contribution in [0.3, 0.4) is 0 Å². The summed E-state index contributed by atoms with van der Waals surface area (Å²) >= 11 is 1.20. The van der Waals surface area contributed by atoms with Gasteiger partial charge in [-0.05, 0) is 37.5 Å². The number of carbonyl (C=O) groups excluding carboxylic acids is 2. The molecule has 0 saturated heterocycles. The molecule has 0 unspecified atom stereocenters. The number of methoxy groups -OCH3 is 2. The van der Waals surface area contributed by atoms with Crippen molar-refractivity contribution in [2.75, 3.05) is 26.5 Å². The average Bonchev–Trinajstić information content (AvgIpc) is 3.62. The molecule has 0 aliphatic heterocycles. The quantitative estimate of drug-likeness (QED) is 0.211. The third-order valence-corrected chi connectivity index (χ3v) is 8.83. The highest BCUT2D eigenvalue weighted by atomic mass is 32.2. The average molecular weight is 597 g/mol. The summed E-state index contributed by atoms with van der Waals surface area (Å²) in [6.07, 6.45) is 4.19. The summed E-state index contributed by atoms with van der Waals surface area (Å²) in [5.74, 6) is -0.541. The predicted molar refractivity (Wildman–Crippen MR) is 155 cm³/mol. The minimum absolute atomic E-state index is 0.0415. The van der Waals surface area contributed by atoms with Gasteiger partial charge in [0.1, 0.15) is 28.0 Å². The van der Waals surface area contributed by atoms with E-state index in [9.17, 15) is 18.0 Å². The molecule has 0 atom stereocenters. The molecule has 4 aromatic rings. The number of sulfone groups is 1. The van der Waals surface area contributed by atoms with Crippen LogP contribution in [0.1, 0.15) is 43.4 Å². The van der Waals surface area contributed by atoms with Crippen LogP contribution in [0, 0.1) is 6.92 Å². The van der Waals surface area contributed by atoms with Crippen LogP contribution in [-0.2, 0) is 29.9 Å². The zero-order chi connectivity index (χ0) is 29.6. The molecule has 2 aromatic carbocycles. The smallest absolute Gasteiger partial charge is 0.254 e. The Hall–Kier alpha value is -4.03. The SMILES string of the molecule is COc1cc(C(=O)N(CCCc2ccccc2)Cc2nc(C(=O)CS(=O)(=O)c3cn(C)cn3)cs2)cc(OC)c1C. The van der Waals surface area contributed by atoms with E-state index in [-0.39, 0.29) is 23.2 Å². The highest BCUT2D eigenvalue weighted by Crippen LogP contribution is 2.30. The van der Waals surface area contributed by atoms with E-state index < -0.39 is 21.4 Å². The molecule has 10 nitrogen and oxygen atoms in total. The van der Waals surface area contributed by atoms with Crippen LogP contribution >= 0.6 is 11.3 Å². The number of aromatic nitrogens is 3. The molecule has 0 aliphatic rings. The monoisotopic (exact) mass is 596 g/mol. The molecule has 0 radical (unpaired) electrons. The van der Waals surface area contributed by atoms with Gasteiger partial charge in [0.05, 0.1) is 27.1 Å². The summed E-state index contributed by atoms with van der Waals surface area (Å²) in [4.78, 5) is 36.5. The number of ether oxygens (including phenoxy) is 2. The van der Waals surface area contributed by atoms with Crippen molar-refractivity contribution in [2.24, 2.45) is 7.05 Å². The van der Waals surface area contributed by atoms with E-state index in [1.807, 2.05) is 37.3 Å². The summed E-state index contributed by atoms with van der Waals surface area (Å²) in [5.41, 5.74) is 2.39. The maximum atomic E-state index is 13.8. The maximum absolute atomic E-state index is 13.8. The first kappa shape index (κ1) is 29.9. The summed E-state index contributed by atoms with van der Waals surface area (Å²) < 4.78 is 37.7. The van der Waals surface area contributed by atoms with Crippen LogP contribution in [0.15, 0.2) is 65.4 Å². The molecule has 0 spiro atoms. The number of nitrogens with zero attached hydrogens (tertiary/aromatic N) is 4. The third kappa shape index (κ3) is 7.39. The van der Waals surface area contributed by atoms with Crippen molar-refractivity contribution in [1.29, 1.82) is 0 Å². The van der Waals surface area contributed by atoms with Crippen molar-refractivity contribution in [2.45, 2.75) is 31.3 Å². The van der Waals surface area contributed by atoms with E-state index in [4.69, 9.17) is 9.47 Å². The Morgan fingerprint density at radius 3 is 2.37 bits per heavy atom. The molecule has 0 fully saturated rings. The molecule has 4 rings (SSSR count). The van der Waals surface area contributed by atoms with E-state index in [0.717, 1.165) is 17.5 Å². The van der Waals surface area contributed by atoms with Crippen molar-refractivity contribution in [1.82, 2.24) is 19.4 Å². The molecular weight excluding hydrogens is 564 g/mol. The summed E-state index contributed by atoms with van der Waals surface area (Å²) in [5, 5.41) is 1.88. The minimum atomic E-state index is -3.91. The van der Waals surface area contributed by atoms with Gasteiger partial charge >= 0.3 is 0 Å². The van der Waals surface area contributed by atoms with Gasteiger partial charge in [0.15, 0.2) is 10.8 Å². The van der Waals surface area contributed by atoms with Gasteiger partial charge in [0, 0.05) is 36.3 Å². The zero-order valence-electron chi connectivity index (χ0n) is 23.4. The van der Waals surface area contributed by atoms with Crippen molar-refractivity contribution in [3.63, 3.8) is 0 Å². The van der Waals surface area contributed by atoms with E-state index in [1.165, 1.54) is 48.0 Å². The van der Waals surface area contributed by atoms with Crippen molar-refractivity contribution >= 4 is 32.9 Å². The predicted octanol–water partition coefficient (Wildman–Crippen LogP) is 4.13. The largest absolute Gasteiger partial charge is 0.496 e. The zero-order valence-corrected chi connectivity index (χ0v) is 25.0. The van der Waals surface area contributed by atoms with Crippen LogP contribution in [0.25, 0.3) is 0 Å². The molecule has 216 valence electrons. The first-order valence-corrected chi connectivity index (χ1v) is 15.4. The second-order valence-electron chi connectivity index (χ2n) is 9.51. The van der Waals surface area contributed by atoms with Gasteiger partial charge < -0.3 is 18.9 Å². The molecule has 41 heavy (non-hydrogen) atoms. The fourth-order valence-electron chi connectivity index (χ4n) is 4.31. The number of aryl methyl sites for hydroxylation is 2. The number of thiazole rings is 1. The van der Waals surface area contributed by atoms with Crippen molar-refractivity contribution in [3.8, 4) is 11.5 Å². The molecule has 12 heteroatoms. The number of hydrogen-bond acceptors (Lipinski definition) is 9. The van der Waals surface area contributed by atoms with Gasteiger partial charge in [0.2, 0.25) is 9.84 Å². The molecule has 2 aromatic heterocycles.